The van der Waals surface area contributed by atoms with Crippen LogP contribution in [-0.4, -0.2) is 42.4 Å². The Morgan fingerprint density at radius 1 is 1.12 bits per heavy atom. The molecule has 1 aliphatic heterocycles. The van der Waals surface area contributed by atoms with Crippen molar-refractivity contribution in [1.82, 2.24) is 4.90 Å². The molecule has 0 aliphatic carbocycles. The zero-order valence-corrected chi connectivity index (χ0v) is 13.7. The van der Waals surface area contributed by atoms with Gasteiger partial charge in [-0.15, -0.1) is 0 Å². The van der Waals surface area contributed by atoms with Crippen LogP contribution in [0.2, 0.25) is 0 Å². The summed E-state index contributed by atoms with van der Waals surface area (Å²) in [7, 11) is 0. The van der Waals surface area contributed by atoms with Crippen molar-refractivity contribution in [2.24, 2.45) is 0 Å². The molecule has 0 saturated carbocycles. The van der Waals surface area contributed by atoms with Crippen LogP contribution in [0.4, 0.5) is 0 Å². The Labute approximate surface area is 146 Å². The second-order valence-electron chi connectivity index (χ2n) is 5.91. The minimum Gasteiger partial charge on any atom is -0.377 e. The van der Waals surface area contributed by atoms with Crippen molar-refractivity contribution in [2.45, 2.75) is 12.5 Å². The lowest BCUT2D eigenvalue weighted by molar-refractivity contribution is -0.00281. The fourth-order valence-corrected chi connectivity index (χ4v) is 2.93. The first-order valence-corrected chi connectivity index (χ1v) is 8.16. The van der Waals surface area contributed by atoms with Gasteiger partial charge in [0.15, 0.2) is 5.78 Å². The molecule has 25 heavy (non-hydrogen) atoms. The highest BCUT2D eigenvalue weighted by Crippen LogP contribution is 2.18. The molecule has 0 spiro atoms. The van der Waals surface area contributed by atoms with Gasteiger partial charge in [-0.25, -0.2) is 0 Å². The van der Waals surface area contributed by atoms with Crippen LogP contribution in [0, 0.1) is 11.3 Å². The number of ether oxygens (including phenoxy) is 1. The van der Waals surface area contributed by atoms with Crippen molar-refractivity contribution in [1.29, 1.82) is 5.26 Å². The third-order valence-electron chi connectivity index (χ3n) is 4.24. The second-order valence-corrected chi connectivity index (χ2v) is 5.91. The molecule has 0 radical (unpaired) electrons. The number of ketones is 1. The number of benzene rings is 2. The van der Waals surface area contributed by atoms with Gasteiger partial charge in [0.25, 0.3) is 5.91 Å². The van der Waals surface area contributed by atoms with E-state index in [9.17, 15) is 9.59 Å². The molecule has 0 aromatic heterocycles. The number of nitrogens with zero attached hydrogens (tertiary/aromatic N) is 2. The van der Waals surface area contributed by atoms with Crippen LogP contribution in [-0.2, 0) is 4.74 Å². The normalized spacial score (nSPS) is 16.9. The zero-order chi connectivity index (χ0) is 17.6. The van der Waals surface area contributed by atoms with Gasteiger partial charge in [-0.2, -0.15) is 5.26 Å². The topological polar surface area (TPSA) is 70.4 Å². The van der Waals surface area contributed by atoms with E-state index < -0.39 is 0 Å². The Kier molecular flexibility index (Phi) is 5.22. The number of carbonyl (C=O) groups excluding carboxylic acids is 2. The van der Waals surface area contributed by atoms with Crippen LogP contribution in [0.5, 0.6) is 0 Å². The smallest absolute Gasteiger partial charge is 0.254 e. The van der Waals surface area contributed by atoms with E-state index in [0.717, 1.165) is 0 Å². The number of morpholine rings is 1. The van der Waals surface area contributed by atoms with E-state index in [4.69, 9.17) is 10.00 Å². The Morgan fingerprint density at radius 3 is 2.64 bits per heavy atom. The maximum absolute atomic E-state index is 12.8. The molecular formula is C20H18N2O3. The molecule has 126 valence electrons. The van der Waals surface area contributed by atoms with Gasteiger partial charge in [0.05, 0.1) is 30.9 Å². The van der Waals surface area contributed by atoms with Crippen molar-refractivity contribution in [2.75, 3.05) is 19.8 Å². The van der Waals surface area contributed by atoms with Gasteiger partial charge < -0.3 is 9.64 Å². The van der Waals surface area contributed by atoms with Crippen LogP contribution in [0.15, 0.2) is 54.6 Å². The predicted octanol–water partition coefficient (Wildman–Crippen LogP) is 2.67. The fourth-order valence-electron chi connectivity index (χ4n) is 2.93. The first kappa shape index (κ1) is 16.9. The average Bonchev–Trinajstić information content (AvgIpc) is 2.68. The standard InChI is InChI=1S/C20H18N2O3/c21-13-15-5-4-8-17(11-15)20(24)22-9-10-25-14-18(22)12-19(23)16-6-2-1-3-7-16/h1-8,11,18H,9-10,12,14H2/t18-/m0/s1. The summed E-state index contributed by atoms with van der Waals surface area (Å²) < 4.78 is 5.48. The van der Waals surface area contributed by atoms with Gasteiger partial charge >= 0.3 is 0 Å². The first-order chi connectivity index (χ1) is 12.2. The van der Waals surface area contributed by atoms with Crippen LogP contribution in [0.1, 0.15) is 32.7 Å². The fraction of sp³-hybridized carbons (Fsp3) is 0.250. The average molecular weight is 334 g/mol. The van der Waals surface area contributed by atoms with E-state index in [-0.39, 0.29) is 24.2 Å². The van der Waals surface area contributed by atoms with Crippen molar-refractivity contribution < 1.29 is 14.3 Å². The SMILES string of the molecule is N#Cc1cccc(C(=O)N2CCOC[C@@H]2CC(=O)c2ccccc2)c1. The minimum absolute atomic E-state index is 0.0142. The number of rotatable bonds is 4. The lowest BCUT2D eigenvalue weighted by Gasteiger charge is -2.35. The summed E-state index contributed by atoms with van der Waals surface area (Å²) >= 11 is 0. The molecule has 0 bridgehead atoms. The molecule has 1 saturated heterocycles. The summed E-state index contributed by atoms with van der Waals surface area (Å²) in [5.41, 5.74) is 1.53. The van der Waals surface area contributed by atoms with Crippen LogP contribution >= 0.6 is 0 Å². The summed E-state index contributed by atoms with van der Waals surface area (Å²) in [6.45, 7) is 1.21. The molecule has 0 unspecified atom stereocenters. The molecule has 1 aliphatic rings. The molecule has 5 heteroatoms. The van der Waals surface area contributed by atoms with E-state index in [1.54, 1.807) is 41.3 Å². The van der Waals surface area contributed by atoms with Gasteiger partial charge in [-0.05, 0) is 18.2 Å². The molecule has 1 amide bonds. The molecule has 5 nitrogen and oxygen atoms in total. The van der Waals surface area contributed by atoms with Gasteiger partial charge in [-0.3, -0.25) is 9.59 Å². The molecule has 1 heterocycles. The summed E-state index contributed by atoms with van der Waals surface area (Å²) in [6.07, 6.45) is 0.216. The lowest BCUT2D eigenvalue weighted by Crippen LogP contribution is -2.49. The van der Waals surface area contributed by atoms with Crippen molar-refractivity contribution in [3.8, 4) is 6.07 Å². The highest BCUT2D eigenvalue weighted by molar-refractivity contribution is 5.98. The molecular weight excluding hydrogens is 316 g/mol. The van der Waals surface area contributed by atoms with E-state index in [1.165, 1.54) is 0 Å². The van der Waals surface area contributed by atoms with Gasteiger partial charge in [0.2, 0.25) is 0 Å². The van der Waals surface area contributed by atoms with Crippen molar-refractivity contribution >= 4 is 11.7 Å². The molecule has 1 atom stereocenters. The summed E-state index contributed by atoms with van der Waals surface area (Å²) in [5, 5.41) is 9.01. The predicted molar refractivity (Wildman–Crippen MR) is 92.2 cm³/mol. The Bertz CT molecular complexity index is 811. The Hall–Kier alpha value is -2.97. The number of carbonyl (C=O) groups is 2. The quantitative estimate of drug-likeness (QED) is 0.806. The molecule has 1 fully saturated rings. The van der Waals surface area contributed by atoms with Crippen LogP contribution in [0.25, 0.3) is 0 Å². The van der Waals surface area contributed by atoms with Gasteiger partial charge in [0.1, 0.15) is 0 Å². The lowest BCUT2D eigenvalue weighted by atomic mass is 10.0. The zero-order valence-electron chi connectivity index (χ0n) is 13.7. The molecule has 2 aromatic rings. The van der Waals surface area contributed by atoms with Gasteiger partial charge in [0, 0.05) is 24.1 Å². The Morgan fingerprint density at radius 2 is 1.88 bits per heavy atom. The highest BCUT2D eigenvalue weighted by atomic mass is 16.5. The van der Waals surface area contributed by atoms with Crippen molar-refractivity contribution in [3.05, 3.63) is 71.3 Å². The summed E-state index contributed by atoms with van der Waals surface area (Å²) in [4.78, 5) is 27.0. The molecule has 0 N–H and O–H groups in total. The summed E-state index contributed by atoms with van der Waals surface area (Å²) in [5.74, 6) is -0.189. The number of Topliss-reactive ketones (excluding diaryl/α,β-unsaturated/α-hetero) is 1. The maximum Gasteiger partial charge on any atom is 0.254 e. The summed E-state index contributed by atoms with van der Waals surface area (Å²) in [6, 6.07) is 17.4. The van der Waals surface area contributed by atoms with Gasteiger partial charge in [-0.1, -0.05) is 36.4 Å². The number of amides is 1. The van der Waals surface area contributed by atoms with E-state index >= 15 is 0 Å². The third kappa shape index (κ3) is 3.93. The second kappa shape index (κ2) is 7.73. The minimum atomic E-state index is -0.306. The number of hydrogen-bond acceptors (Lipinski definition) is 4. The van der Waals surface area contributed by atoms with Crippen molar-refractivity contribution in [3.63, 3.8) is 0 Å². The maximum atomic E-state index is 12.8. The first-order valence-electron chi connectivity index (χ1n) is 8.16. The van der Waals surface area contributed by atoms with E-state index in [0.29, 0.717) is 36.4 Å². The largest absolute Gasteiger partial charge is 0.377 e. The number of hydrogen-bond donors (Lipinski definition) is 0. The monoisotopic (exact) mass is 334 g/mol. The highest BCUT2D eigenvalue weighted by Gasteiger charge is 2.30. The molecule has 2 aromatic carbocycles. The van der Waals surface area contributed by atoms with E-state index in [2.05, 4.69) is 0 Å². The van der Waals surface area contributed by atoms with Crippen LogP contribution < -0.4 is 0 Å². The van der Waals surface area contributed by atoms with E-state index in [1.807, 2.05) is 24.3 Å². The third-order valence-corrected chi connectivity index (χ3v) is 4.24. The van der Waals surface area contributed by atoms with Crippen LogP contribution in [0.3, 0.4) is 0 Å². The number of nitriles is 1. The Balaban J connectivity index is 1.77. The molecule has 3 rings (SSSR count).